The predicted molar refractivity (Wildman–Crippen MR) is 102 cm³/mol. The van der Waals surface area contributed by atoms with Gasteiger partial charge >= 0.3 is 0 Å². The van der Waals surface area contributed by atoms with Crippen molar-refractivity contribution in [1.82, 2.24) is 4.98 Å². The van der Waals surface area contributed by atoms with Gasteiger partial charge in [-0.25, -0.2) is 8.42 Å². The second-order valence-electron chi connectivity index (χ2n) is 5.53. The van der Waals surface area contributed by atoms with Crippen LogP contribution in [0.15, 0.2) is 78.0 Å². The van der Waals surface area contributed by atoms with Crippen LogP contribution >= 0.6 is 0 Å². The van der Waals surface area contributed by atoms with Crippen LogP contribution < -0.4 is 14.8 Å². The zero-order chi connectivity index (χ0) is 19.3. The maximum atomic E-state index is 12.4. The van der Waals surface area contributed by atoms with Crippen LogP contribution in [0.3, 0.4) is 0 Å². The molecule has 8 heteroatoms. The van der Waals surface area contributed by atoms with Gasteiger partial charge in [0, 0.05) is 11.9 Å². The second-order valence-corrected chi connectivity index (χ2v) is 7.21. The number of ether oxygens (including phenoxy) is 1. The molecule has 1 amide bonds. The van der Waals surface area contributed by atoms with Crippen molar-refractivity contribution in [3.8, 4) is 5.75 Å². The highest BCUT2D eigenvalue weighted by Gasteiger charge is 2.15. The fourth-order valence-electron chi connectivity index (χ4n) is 2.39. The first-order valence-electron chi connectivity index (χ1n) is 7.97. The standard InChI is InChI=1S/C19H17N3O4S/c1-26-18-7-3-2-6-17(18)19(23)21-14-8-10-16(11-9-14)27(24,25)22-15-5-4-12-20-13-15/h2-13,22H,1H3,(H,21,23). The molecule has 2 N–H and O–H groups in total. The number of hydrogen-bond acceptors (Lipinski definition) is 5. The summed E-state index contributed by atoms with van der Waals surface area (Å²) in [6, 6.07) is 15.9. The number of nitrogens with one attached hydrogen (secondary N) is 2. The first-order valence-corrected chi connectivity index (χ1v) is 9.45. The molecule has 0 atom stereocenters. The molecule has 1 aromatic heterocycles. The number of pyridine rings is 1. The molecular weight excluding hydrogens is 366 g/mol. The van der Waals surface area contributed by atoms with Crippen LogP contribution in [0.5, 0.6) is 5.75 Å². The molecule has 0 saturated heterocycles. The number of methoxy groups -OCH3 is 1. The van der Waals surface area contributed by atoms with Gasteiger partial charge in [0.2, 0.25) is 0 Å². The topological polar surface area (TPSA) is 97.4 Å². The number of carbonyl (C=O) groups excluding carboxylic acids is 1. The van der Waals surface area contributed by atoms with E-state index < -0.39 is 10.0 Å². The fourth-order valence-corrected chi connectivity index (χ4v) is 3.43. The summed E-state index contributed by atoms with van der Waals surface area (Å²) in [5.41, 5.74) is 1.22. The summed E-state index contributed by atoms with van der Waals surface area (Å²) < 4.78 is 32.4. The minimum Gasteiger partial charge on any atom is -0.496 e. The minimum absolute atomic E-state index is 0.0710. The summed E-state index contributed by atoms with van der Waals surface area (Å²) in [5.74, 6) is 0.103. The third kappa shape index (κ3) is 4.42. The Bertz CT molecular complexity index is 1040. The van der Waals surface area contributed by atoms with Crippen LogP contribution in [0.1, 0.15) is 10.4 Å². The van der Waals surface area contributed by atoms with Gasteiger partial charge in [0.15, 0.2) is 0 Å². The van der Waals surface area contributed by atoms with Crippen LogP contribution in [0.2, 0.25) is 0 Å². The lowest BCUT2D eigenvalue weighted by Crippen LogP contribution is -2.14. The van der Waals surface area contributed by atoms with E-state index in [0.29, 0.717) is 22.7 Å². The monoisotopic (exact) mass is 383 g/mol. The average Bonchev–Trinajstić information content (AvgIpc) is 2.68. The summed E-state index contributed by atoms with van der Waals surface area (Å²) >= 11 is 0. The molecule has 0 unspecified atom stereocenters. The van der Waals surface area contributed by atoms with E-state index in [1.165, 1.54) is 37.6 Å². The van der Waals surface area contributed by atoms with Gasteiger partial charge in [-0.2, -0.15) is 0 Å². The molecule has 0 aliphatic heterocycles. The van der Waals surface area contributed by atoms with Crippen LogP contribution in [-0.2, 0) is 10.0 Å². The molecule has 2 aromatic carbocycles. The first kappa shape index (κ1) is 18.4. The summed E-state index contributed by atoms with van der Waals surface area (Å²) in [4.78, 5) is 16.3. The lowest BCUT2D eigenvalue weighted by molar-refractivity contribution is 0.102. The number of hydrogen-bond donors (Lipinski definition) is 2. The normalized spacial score (nSPS) is 10.9. The summed E-state index contributed by atoms with van der Waals surface area (Å²) in [5, 5.41) is 2.72. The van der Waals surface area contributed by atoms with Crippen LogP contribution in [-0.4, -0.2) is 26.4 Å². The minimum atomic E-state index is -3.74. The SMILES string of the molecule is COc1ccccc1C(=O)Nc1ccc(S(=O)(=O)Nc2cccnc2)cc1. The van der Waals surface area contributed by atoms with Crippen molar-refractivity contribution < 1.29 is 17.9 Å². The van der Waals surface area contributed by atoms with Gasteiger partial charge in [-0.3, -0.25) is 14.5 Å². The largest absolute Gasteiger partial charge is 0.496 e. The number of aromatic nitrogens is 1. The Morgan fingerprint density at radius 2 is 1.70 bits per heavy atom. The highest BCUT2D eigenvalue weighted by molar-refractivity contribution is 7.92. The quantitative estimate of drug-likeness (QED) is 0.681. The summed E-state index contributed by atoms with van der Waals surface area (Å²) in [7, 11) is -2.26. The molecule has 0 saturated carbocycles. The van der Waals surface area contributed by atoms with Crippen molar-refractivity contribution in [2.75, 3.05) is 17.1 Å². The molecule has 138 valence electrons. The Kier molecular flexibility index (Phi) is 5.37. The van der Waals surface area contributed by atoms with E-state index in [-0.39, 0.29) is 10.8 Å². The van der Waals surface area contributed by atoms with Crippen LogP contribution in [0, 0.1) is 0 Å². The van der Waals surface area contributed by atoms with Crippen molar-refractivity contribution in [2.45, 2.75) is 4.90 Å². The number of carbonyl (C=O) groups is 1. The Balaban J connectivity index is 1.74. The second kappa shape index (κ2) is 7.88. The molecule has 27 heavy (non-hydrogen) atoms. The zero-order valence-electron chi connectivity index (χ0n) is 14.4. The van der Waals surface area contributed by atoms with Gasteiger partial charge in [0.25, 0.3) is 15.9 Å². The third-order valence-electron chi connectivity index (χ3n) is 3.69. The van der Waals surface area contributed by atoms with E-state index in [1.54, 1.807) is 42.6 Å². The van der Waals surface area contributed by atoms with Crippen molar-refractivity contribution in [3.05, 3.63) is 78.6 Å². The van der Waals surface area contributed by atoms with Crippen molar-refractivity contribution >= 4 is 27.3 Å². The van der Waals surface area contributed by atoms with Crippen molar-refractivity contribution in [1.29, 1.82) is 0 Å². The highest BCUT2D eigenvalue weighted by atomic mass is 32.2. The molecular formula is C19H17N3O4S. The highest BCUT2D eigenvalue weighted by Crippen LogP contribution is 2.21. The maximum absolute atomic E-state index is 12.4. The maximum Gasteiger partial charge on any atom is 0.261 e. The number of nitrogens with zero attached hydrogens (tertiary/aromatic N) is 1. The molecule has 0 radical (unpaired) electrons. The third-order valence-corrected chi connectivity index (χ3v) is 5.09. The molecule has 0 bridgehead atoms. The van der Waals surface area contributed by atoms with Gasteiger partial charge in [0.1, 0.15) is 5.75 Å². The number of benzene rings is 2. The lowest BCUT2D eigenvalue weighted by Gasteiger charge is -2.10. The van der Waals surface area contributed by atoms with Gasteiger partial charge < -0.3 is 10.1 Å². The van der Waals surface area contributed by atoms with Crippen LogP contribution in [0.4, 0.5) is 11.4 Å². The lowest BCUT2D eigenvalue weighted by atomic mass is 10.2. The average molecular weight is 383 g/mol. The predicted octanol–water partition coefficient (Wildman–Crippen LogP) is 3.14. The molecule has 0 spiro atoms. The zero-order valence-corrected chi connectivity index (χ0v) is 15.2. The molecule has 3 aromatic rings. The Morgan fingerprint density at radius 1 is 0.963 bits per heavy atom. The number of para-hydroxylation sites is 1. The van der Waals surface area contributed by atoms with E-state index in [1.807, 2.05) is 0 Å². The Labute approximate surface area is 157 Å². The number of sulfonamides is 1. The number of anilines is 2. The Morgan fingerprint density at radius 3 is 2.37 bits per heavy atom. The van der Waals surface area contributed by atoms with Crippen LogP contribution in [0.25, 0.3) is 0 Å². The van der Waals surface area contributed by atoms with E-state index in [2.05, 4.69) is 15.0 Å². The number of amides is 1. The smallest absolute Gasteiger partial charge is 0.261 e. The van der Waals surface area contributed by atoms with E-state index >= 15 is 0 Å². The summed E-state index contributed by atoms with van der Waals surface area (Å²) in [6.45, 7) is 0. The fraction of sp³-hybridized carbons (Fsp3) is 0.0526. The van der Waals surface area contributed by atoms with Crippen molar-refractivity contribution in [3.63, 3.8) is 0 Å². The molecule has 0 aliphatic rings. The summed E-state index contributed by atoms with van der Waals surface area (Å²) in [6.07, 6.45) is 2.97. The molecule has 1 heterocycles. The molecule has 0 aliphatic carbocycles. The van der Waals surface area contributed by atoms with Gasteiger partial charge in [-0.05, 0) is 48.5 Å². The first-order chi connectivity index (χ1) is 13.0. The molecule has 0 fully saturated rings. The number of rotatable bonds is 6. The van der Waals surface area contributed by atoms with E-state index in [0.717, 1.165) is 0 Å². The van der Waals surface area contributed by atoms with E-state index in [4.69, 9.17) is 4.74 Å². The molecule has 3 rings (SSSR count). The van der Waals surface area contributed by atoms with Gasteiger partial charge in [0.05, 0.1) is 29.5 Å². The van der Waals surface area contributed by atoms with E-state index in [9.17, 15) is 13.2 Å². The van der Waals surface area contributed by atoms with Gasteiger partial charge in [-0.15, -0.1) is 0 Å². The molecule has 7 nitrogen and oxygen atoms in total. The van der Waals surface area contributed by atoms with Crippen molar-refractivity contribution in [2.24, 2.45) is 0 Å². The van der Waals surface area contributed by atoms with Gasteiger partial charge in [-0.1, -0.05) is 12.1 Å². The Hall–Kier alpha value is -3.39.